The van der Waals surface area contributed by atoms with E-state index in [0.717, 1.165) is 12.3 Å². The van der Waals surface area contributed by atoms with E-state index < -0.39 is 11.7 Å². The largest absolute Gasteiger partial charge is 0.417 e. The quantitative estimate of drug-likeness (QED) is 0.873. The molecule has 8 heteroatoms. The number of rotatable bonds is 4. The molecule has 112 valence electrons. The van der Waals surface area contributed by atoms with Gasteiger partial charge in [0.2, 0.25) is 0 Å². The van der Waals surface area contributed by atoms with Gasteiger partial charge < -0.3 is 5.32 Å². The summed E-state index contributed by atoms with van der Waals surface area (Å²) >= 11 is 1.20. The SMILES string of the molecule is CCc1nc(NC)cc(Sc2ccc(C(F)(F)F)cn2)n1. The highest BCUT2D eigenvalue weighted by Crippen LogP contribution is 2.31. The predicted molar refractivity (Wildman–Crippen MR) is 74.3 cm³/mol. The average molecular weight is 314 g/mol. The zero-order valence-corrected chi connectivity index (χ0v) is 12.2. The molecule has 0 saturated carbocycles. The van der Waals surface area contributed by atoms with Crippen molar-refractivity contribution < 1.29 is 13.2 Å². The molecule has 21 heavy (non-hydrogen) atoms. The van der Waals surface area contributed by atoms with E-state index in [1.165, 1.54) is 17.8 Å². The molecular formula is C13H13F3N4S. The maximum Gasteiger partial charge on any atom is 0.417 e. The van der Waals surface area contributed by atoms with E-state index in [4.69, 9.17) is 0 Å². The Morgan fingerprint density at radius 3 is 2.48 bits per heavy atom. The van der Waals surface area contributed by atoms with Crippen molar-refractivity contribution >= 4 is 17.6 Å². The first-order valence-corrected chi connectivity index (χ1v) is 7.01. The Bertz CT molecular complexity index is 592. The van der Waals surface area contributed by atoms with Crippen LogP contribution in [0.2, 0.25) is 0 Å². The second kappa shape index (κ2) is 6.30. The Labute approximate surface area is 124 Å². The van der Waals surface area contributed by atoms with Crippen molar-refractivity contribution in [3.8, 4) is 0 Å². The standard InChI is InChI=1S/C13H13F3N4S/c1-3-9-19-10(17-2)6-12(20-9)21-11-5-4-8(7-18-11)13(14,15)16/h4-7H,3H2,1-2H3,(H,17,19,20). The van der Waals surface area contributed by atoms with Gasteiger partial charge in [0.1, 0.15) is 21.7 Å². The fourth-order valence-electron chi connectivity index (χ4n) is 1.53. The number of aryl methyl sites for hydroxylation is 1. The average Bonchev–Trinajstić information content (AvgIpc) is 2.46. The van der Waals surface area contributed by atoms with Gasteiger partial charge in [-0.3, -0.25) is 0 Å². The van der Waals surface area contributed by atoms with Crippen molar-refractivity contribution in [2.75, 3.05) is 12.4 Å². The molecule has 4 nitrogen and oxygen atoms in total. The van der Waals surface area contributed by atoms with Crippen LogP contribution >= 0.6 is 11.8 Å². The summed E-state index contributed by atoms with van der Waals surface area (Å²) in [5.74, 6) is 1.33. The third-order valence-electron chi connectivity index (χ3n) is 2.59. The van der Waals surface area contributed by atoms with Crippen molar-refractivity contribution in [3.05, 3.63) is 35.8 Å². The lowest BCUT2D eigenvalue weighted by Gasteiger charge is -2.08. The molecule has 2 rings (SSSR count). The van der Waals surface area contributed by atoms with Crippen LogP contribution in [-0.4, -0.2) is 22.0 Å². The molecule has 0 amide bonds. The van der Waals surface area contributed by atoms with Crippen LogP contribution in [0.3, 0.4) is 0 Å². The van der Waals surface area contributed by atoms with Crippen molar-refractivity contribution in [3.63, 3.8) is 0 Å². The molecule has 0 fully saturated rings. The summed E-state index contributed by atoms with van der Waals surface area (Å²) in [6.45, 7) is 1.93. The lowest BCUT2D eigenvalue weighted by Crippen LogP contribution is -2.05. The summed E-state index contributed by atoms with van der Waals surface area (Å²) in [4.78, 5) is 12.4. The van der Waals surface area contributed by atoms with Crippen molar-refractivity contribution in [2.45, 2.75) is 29.6 Å². The number of hydrogen-bond donors (Lipinski definition) is 1. The molecular weight excluding hydrogens is 301 g/mol. The number of aromatic nitrogens is 3. The fraction of sp³-hybridized carbons (Fsp3) is 0.308. The van der Waals surface area contributed by atoms with E-state index in [-0.39, 0.29) is 0 Å². The van der Waals surface area contributed by atoms with E-state index in [1.807, 2.05) is 6.92 Å². The molecule has 1 N–H and O–H groups in total. The lowest BCUT2D eigenvalue weighted by molar-refractivity contribution is -0.137. The van der Waals surface area contributed by atoms with Gasteiger partial charge in [0.15, 0.2) is 0 Å². The molecule has 2 heterocycles. The van der Waals surface area contributed by atoms with Gasteiger partial charge in [-0.05, 0) is 23.9 Å². The summed E-state index contributed by atoms with van der Waals surface area (Å²) in [5, 5.41) is 4.01. The Morgan fingerprint density at radius 2 is 1.95 bits per heavy atom. The lowest BCUT2D eigenvalue weighted by atomic mass is 10.3. The Hall–Kier alpha value is -1.83. The monoisotopic (exact) mass is 314 g/mol. The predicted octanol–water partition coefficient (Wildman–Crippen LogP) is 3.65. The molecule has 0 spiro atoms. The van der Waals surface area contributed by atoms with Crippen molar-refractivity contribution in [2.24, 2.45) is 0 Å². The van der Waals surface area contributed by atoms with Crippen molar-refractivity contribution in [1.29, 1.82) is 0 Å². The van der Waals surface area contributed by atoms with E-state index in [0.29, 0.717) is 28.1 Å². The summed E-state index contributed by atoms with van der Waals surface area (Å²) in [7, 11) is 1.74. The number of nitrogens with one attached hydrogen (secondary N) is 1. The van der Waals surface area contributed by atoms with Gasteiger partial charge in [-0.1, -0.05) is 6.92 Å². The topological polar surface area (TPSA) is 50.7 Å². The summed E-state index contributed by atoms with van der Waals surface area (Å²) in [6, 6.07) is 4.07. The molecule has 0 bridgehead atoms. The Kier molecular flexibility index (Phi) is 4.66. The minimum Gasteiger partial charge on any atom is -0.373 e. The van der Waals surface area contributed by atoms with Crippen LogP contribution < -0.4 is 5.32 Å². The Balaban J connectivity index is 2.22. The molecule has 2 aromatic heterocycles. The normalized spacial score (nSPS) is 11.5. The van der Waals surface area contributed by atoms with Crippen LogP contribution in [0.5, 0.6) is 0 Å². The number of alkyl halides is 3. The van der Waals surface area contributed by atoms with Crippen LogP contribution in [0.4, 0.5) is 19.0 Å². The zero-order valence-electron chi connectivity index (χ0n) is 11.4. The maximum atomic E-state index is 12.5. The van der Waals surface area contributed by atoms with Crippen LogP contribution in [0.15, 0.2) is 34.4 Å². The molecule has 0 atom stereocenters. The first-order valence-electron chi connectivity index (χ1n) is 6.19. The summed E-state index contributed by atoms with van der Waals surface area (Å²) < 4.78 is 37.4. The molecule has 0 aliphatic heterocycles. The van der Waals surface area contributed by atoms with Gasteiger partial charge in [-0.2, -0.15) is 13.2 Å². The minimum atomic E-state index is -4.38. The first-order chi connectivity index (χ1) is 9.92. The molecule has 0 radical (unpaired) electrons. The van der Waals surface area contributed by atoms with Gasteiger partial charge in [-0.15, -0.1) is 0 Å². The van der Waals surface area contributed by atoms with E-state index >= 15 is 0 Å². The molecule has 0 saturated heterocycles. The number of nitrogens with zero attached hydrogens (tertiary/aromatic N) is 3. The van der Waals surface area contributed by atoms with Gasteiger partial charge in [0.25, 0.3) is 0 Å². The molecule has 0 aliphatic carbocycles. The highest BCUT2D eigenvalue weighted by molar-refractivity contribution is 7.99. The van der Waals surface area contributed by atoms with Gasteiger partial charge >= 0.3 is 6.18 Å². The second-order valence-electron chi connectivity index (χ2n) is 4.10. The number of hydrogen-bond acceptors (Lipinski definition) is 5. The fourth-order valence-corrected chi connectivity index (χ4v) is 2.30. The van der Waals surface area contributed by atoms with Crippen LogP contribution in [0.25, 0.3) is 0 Å². The highest BCUT2D eigenvalue weighted by atomic mass is 32.2. The summed E-state index contributed by atoms with van der Waals surface area (Å²) in [6.07, 6.45) is -2.88. The zero-order chi connectivity index (χ0) is 15.5. The second-order valence-corrected chi connectivity index (χ2v) is 5.14. The maximum absolute atomic E-state index is 12.5. The minimum absolute atomic E-state index is 0.450. The molecule has 0 aliphatic rings. The van der Waals surface area contributed by atoms with Crippen LogP contribution in [-0.2, 0) is 12.6 Å². The number of halogens is 3. The number of pyridine rings is 1. The van der Waals surface area contributed by atoms with Crippen LogP contribution in [0.1, 0.15) is 18.3 Å². The summed E-state index contributed by atoms with van der Waals surface area (Å²) in [5.41, 5.74) is -0.764. The van der Waals surface area contributed by atoms with E-state index in [2.05, 4.69) is 20.3 Å². The highest BCUT2D eigenvalue weighted by Gasteiger charge is 2.30. The number of anilines is 1. The molecule has 0 aromatic carbocycles. The van der Waals surface area contributed by atoms with E-state index in [1.54, 1.807) is 13.1 Å². The first kappa shape index (κ1) is 15.6. The van der Waals surface area contributed by atoms with Crippen LogP contribution in [0, 0.1) is 0 Å². The molecule has 2 aromatic rings. The van der Waals surface area contributed by atoms with Crippen molar-refractivity contribution in [1.82, 2.24) is 15.0 Å². The van der Waals surface area contributed by atoms with Gasteiger partial charge in [0.05, 0.1) is 5.56 Å². The molecule has 0 unspecified atom stereocenters. The van der Waals surface area contributed by atoms with Gasteiger partial charge in [-0.25, -0.2) is 15.0 Å². The smallest absolute Gasteiger partial charge is 0.373 e. The van der Waals surface area contributed by atoms with E-state index in [9.17, 15) is 13.2 Å². The third kappa shape index (κ3) is 4.07. The van der Waals surface area contributed by atoms with Gasteiger partial charge in [0, 0.05) is 25.7 Å². The third-order valence-corrected chi connectivity index (χ3v) is 3.46. The Morgan fingerprint density at radius 1 is 1.19 bits per heavy atom.